The van der Waals surface area contributed by atoms with Crippen molar-refractivity contribution in [2.45, 2.75) is 115 Å². The molecular formula is C41H53FN2O10. The molecule has 3 unspecified atom stereocenters. The number of carbonyl (C=O) groups excluding carboxylic acids is 5. The molecule has 0 bridgehead atoms. The maximum absolute atomic E-state index is 15.2. The van der Waals surface area contributed by atoms with E-state index in [0.717, 1.165) is 28.0 Å². The number of hydrogen-bond acceptors (Lipinski definition) is 10. The third-order valence-electron chi connectivity index (χ3n) is 9.26. The zero-order valence-corrected chi connectivity index (χ0v) is 32.5. The number of nitrogens with zero attached hydrogens (tertiary/aromatic N) is 2. The highest BCUT2D eigenvalue weighted by Gasteiger charge is 2.58. The first-order valence-electron chi connectivity index (χ1n) is 18.2. The Morgan fingerprint density at radius 3 is 2.09 bits per heavy atom. The fourth-order valence-corrected chi connectivity index (χ4v) is 5.97. The normalized spacial score (nSPS) is 16.8. The molecule has 2 aromatic carbocycles. The van der Waals surface area contributed by atoms with Gasteiger partial charge in [-0.25, -0.2) is 23.6 Å². The van der Waals surface area contributed by atoms with Crippen molar-refractivity contribution in [1.29, 1.82) is 0 Å². The third kappa shape index (κ3) is 11.6. The summed E-state index contributed by atoms with van der Waals surface area (Å²) in [5.74, 6) is -3.48. The van der Waals surface area contributed by atoms with Gasteiger partial charge in [-0.05, 0) is 83.1 Å². The summed E-state index contributed by atoms with van der Waals surface area (Å²) in [6.07, 6.45) is -0.704. The van der Waals surface area contributed by atoms with E-state index in [9.17, 15) is 24.0 Å². The fourth-order valence-electron chi connectivity index (χ4n) is 5.97. The van der Waals surface area contributed by atoms with Crippen LogP contribution < -0.4 is 0 Å². The third-order valence-corrected chi connectivity index (χ3v) is 9.26. The van der Waals surface area contributed by atoms with Gasteiger partial charge in [-0.3, -0.25) is 9.69 Å². The first-order chi connectivity index (χ1) is 25.3. The highest BCUT2D eigenvalue weighted by atomic mass is 19.1. The molecule has 0 saturated heterocycles. The van der Waals surface area contributed by atoms with E-state index in [-0.39, 0.29) is 13.0 Å². The molecule has 3 atom stereocenters. The van der Waals surface area contributed by atoms with Crippen molar-refractivity contribution in [2.24, 2.45) is 0 Å². The maximum Gasteiger partial charge on any atom is 0.410 e. The summed E-state index contributed by atoms with van der Waals surface area (Å²) in [5.41, 5.74) is -0.501. The van der Waals surface area contributed by atoms with Crippen LogP contribution in [0.1, 0.15) is 83.9 Å². The highest BCUT2D eigenvalue weighted by molar-refractivity contribution is 5.93. The second-order valence-electron chi connectivity index (χ2n) is 15.5. The van der Waals surface area contributed by atoms with Gasteiger partial charge in [0.2, 0.25) is 6.10 Å². The van der Waals surface area contributed by atoms with Gasteiger partial charge in [0.1, 0.15) is 29.5 Å². The summed E-state index contributed by atoms with van der Waals surface area (Å²) in [6.45, 7) is 10.0. The van der Waals surface area contributed by atoms with E-state index in [0.29, 0.717) is 31.6 Å². The molecule has 1 aliphatic carbocycles. The molecule has 0 aromatic heterocycles. The van der Waals surface area contributed by atoms with E-state index in [1.807, 2.05) is 36.4 Å². The first-order valence-corrected chi connectivity index (χ1v) is 18.2. The van der Waals surface area contributed by atoms with Crippen LogP contribution in [0.15, 0.2) is 60.7 Å². The molecule has 0 radical (unpaired) electrons. The molecule has 12 nitrogen and oxygen atoms in total. The van der Waals surface area contributed by atoms with Gasteiger partial charge in [-0.15, -0.1) is 0 Å². The SMILES string of the molecule is CC(OC(=O)C1(N(C)C(=O)OC(C)(C)C)CC1)C(=O)N(C)C(CC(C)(C)F)C(=O)OC(Cc1ccc(C2=CCOCC2)cc1)C(=O)OCc1ccccc1. The van der Waals surface area contributed by atoms with Gasteiger partial charge in [-0.1, -0.05) is 60.7 Å². The van der Waals surface area contributed by atoms with Crippen LogP contribution in [0.5, 0.6) is 0 Å². The van der Waals surface area contributed by atoms with Gasteiger partial charge in [-0.2, -0.15) is 0 Å². The second-order valence-corrected chi connectivity index (χ2v) is 15.5. The van der Waals surface area contributed by atoms with E-state index >= 15 is 4.39 Å². The zero-order valence-electron chi connectivity index (χ0n) is 32.5. The Morgan fingerprint density at radius 2 is 1.54 bits per heavy atom. The Bertz CT molecular complexity index is 1680. The van der Waals surface area contributed by atoms with Crippen LogP contribution in [0.2, 0.25) is 0 Å². The van der Waals surface area contributed by atoms with Crippen molar-refractivity contribution in [3.05, 3.63) is 77.4 Å². The Hall–Kier alpha value is -4.78. The zero-order chi connectivity index (χ0) is 39.8. The minimum atomic E-state index is -1.95. The lowest BCUT2D eigenvalue weighted by Crippen LogP contribution is -2.52. The Morgan fingerprint density at radius 1 is 0.889 bits per heavy atom. The Kier molecular flexibility index (Phi) is 13.7. The lowest BCUT2D eigenvalue weighted by atomic mass is 9.98. The largest absolute Gasteiger partial charge is 0.458 e. The van der Waals surface area contributed by atoms with Crippen molar-refractivity contribution in [3.63, 3.8) is 0 Å². The number of halogens is 1. The molecule has 4 rings (SSSR count). The maximum atomic E-state index is 15.2. The van der Waals surface area contributed by atoms with Crippen molar-refractivity contribution < 1.29 is 52.0 Å². The number of amides is 2. The van der Waals surface area contributed by atoms with Crippen LogP contribution in [0, 0.1) is 0 Å². The highest BCUT2D eigenvalue weighted by Crippen LogP contribution is 2.43. The topological polar surface area (TPSA) is 138 Å². The number of ether oxygens (including phenoxy) is 5. The predicted octanol–water partition coefficient (Wildman–Crippen LogP) is 5.98. The quantitative estimate of drug-likeness (QED) is 0.158. The summed E-state index contributed by atoms with van der Waals surface area (Å²) in [5, 5.41) is 0. The second kappa shape index (κ2) is 17.6. The van der Waals surface area contributed by atoms with Crippen LogP contribution in [0.3, 0.4) is 0 Å². The molecular weight excluding hydrogens is 699 g/mol. The van der Waals surface area contributed by atoms with E-state index in [1.54, 1.807) is 45.0 Å². The molecule has 1 fully saturated rings. The number of benzene rings is 2. The van der Waals surface area contributed by atoms with E-state index < -0.39 is 71.4 Å². The minimum absolute atomic E-state index is 0.0491. The first kappa shape index (κ1) is 42.0. The number of rotatable bonds is 15. The van der Waals surface area contributed by atoms with Gasteiger partial charge in [0, 0.05) is 26.9 Å². The Labute approximate surface area is 316 Å². The Balaban J connectivity index is 1.50. The number of hydrogen-bond donors (Lipinski definition) is 0. The monoisotopic (exact) mass is 752 g/mol. The number of alkyl halides is 1. The summed E-state index contributed by atoms with van der Waals surface area (Å²) in [7, 11) is 2.70. The van der Waals surface area contributed by atoms with E-state index in [1.165, 1.54) is 39.8 Å². The number of likely N-dealkylation sites (N-methyl/N-ethyl adjacent to an activating group) is 2. The van der Waals surface area contributed by atoms with E-state index in [2.05, 4.69) is 0 Å². The number of esters is 3. The summed E-state index contributed by atoms with van der Waals surface area (Å²) in [4.78, 5) is 69.3. The lowest BCUT2D eigenvalue weighted by Gasteiger charge is -2.33. The van der Waals surface area contributed by atoms with Crippen molar-refractivity contribution in [3.8, 4) is 0 Å². The van der Waals surface area contributed by atoms with Crippen LogP contribution in [0.4, 0.5) is 9.18 Å². The molecule has 0 N–H and O–H groups in total. The van der Waals surface area contributed by atoms with Crippen molar-refractivity contribution >= 4 is 35.5 Å². The average molecular weight is 753 g/mol. The van der Waals surface area contributed by atoms with Gasteiger partial charge in [0.15, 0.2) is 6.10 Å². The molecule has 1 aliphatic heterocycles. The molecule has 1 saturated carbocycles. The minimum Gasteiger partial charge on any atom is -0.458 e. The lowest BCUT2D eigenvalue weighted by molar-refractivity contribution is -0.175. The molecule has 54 heavy (non-hydrogen) atoms. The molecule has 13 heteroatoms. The summed E-state index contributed by atoms with van der Waals surface area (Å²) in [6, 6.07) is 15.0. The van der Waals surface area contributed by atoms with Crippen LogP contribution in [-0.4, -0.2) is 102 Å². The molecule has 294 valence electrons. The van der Waals surface area contributed by atoms with Crippen LogP contribution >= 0.6 is 0 Å². The predicted molar refractivity (Wildman–Crippen MR) is 198 cm³/mol. The van der Waals surface area contributed by atoms with Gasteiger partial charge < -0.3 is 28.6 Å². The average Bonchev–Trinajstić information content (AvgIpc) is 3.94. The van der Waals surface area contributed by atoms with Crippen LogP contribution in [0.25, 0.3) is 5.57 Å². The molecule has 2 amide bonds. The molecule has 2 aliphatic rings. The van der Waals surface area contributed by atoms with Crippen molar-refractivity contribution in [2.75, 3.05) is 27.3 Å². The van der Waals surface area contributed by atoms with Gasteiger partial charge >= 0.3 is 24.0 Å². The van der Waals surface area contributed by atoms with Gasteiger partial charge in [0.05, 0.1) is 13.2 Å². The molecule has 2 aromatic rings. The number of carbonyl (C=O) groups is 5. The van der Waals surface area contributed by atoms with Crippen molar-refractivity contribution in [1.82, 2.24) is 9.80 Å². The summed E-state index contributed by atoms with van der Waals surface area (Å²) >= 11 is 0. The summed E-state index contributed by atoms with van der Waals surface area (Å²) < 4.78 is 42.9. The van der Waals surface area contributed by atoms with Crippen LogP contribution in [-0.2, 0) is 55.9 Å². The smallest absolute Gasteiger partial charge is 0.410 e. The molecule has 0 spiro atoms. The fraction of sp³-hybridized carbons (Fsp3) is 0.537. The standard InChI is InChI=1S/C41H53FN2O10/c1-27(52-37(48)41(20-21-41)44(8)38(49)54-39(2,3)4)34(45)43(7)32(25-40(5,6)42)35(46)53-33(36(47)51-26-29-12-10-9-11-13-29)24-28-14-16-30(17-15-28)31-18-22-50-23-19-31/h9-18,27,32-33H,19-26H2,1-8H3. The van der Waals surface area contributed by atoms with Gasteiger partial charge in [0.25, 0.3) is 5.91 Å². The van der Waals surface area contributed by atoms with E-state index in [4.69, 9.17) is 23.7 Å². The molecule has 1 heterocycles.